The molecular formula is C19H26ClN5O2S. The van der Waals surface area contributed by atoms with Crippen LogP contribution in [0.15, 0.2) is 22.2 Å². The van der Waals surface area contributed by atoms with Crippen LogP contribution < -0.4 is 10.6 Å². The quantitative estimate of drug-likeness (QED) is 0.673. The van der Waals surface area contributed by atoms with Crippen molar-refractivity contribution in [3.63, 3.8) is 0 Å². The van der Waals surface area contributed by atoms with Crippen LogP contribution in [-0.2, 0) is 6.61 Å². The van der Waals surface area contributed by atoms with E-state index < -0.39 is 0 Å². The van der Waals surface area contributed by atoms with E-state index in [0.29, 0.717) is 15.6 Å². The van der Waals surface area contributed by atoms with Gasteiger partial charge in [0, 0.05) is 30.2 Å². The molecule has 28 heavy (non-hydrogen) atoms. The Morgan fingerprint density at radius 2 is 2.04 bits per heavy atom. The second kappa shape index (κ2) is 8.41. The van der Waals surface area contributed by atoms with Crippen LogP contribution in [0.3, 0.4) is 0 Å². The number of halogens is 1. The van der Waals surface area contributed by atoms with Crippen LogP contribution in [0.1, 0.15) is 38.1 Å². The number of aromatic nitrogens is 3. The number of hydrogen-bond donors (Lipinski definition) is 3. The molecule has 0 amide bonds. The summed E-state index contributed by atoms with van der Waals surface area (Å²) in [6.07, 6.45) is 3.42. The van der Waals surface area contributed by atoms with Crippen LogP contribution in [0, 0.1) is 12.3 Å². The van der Waals surface area contributed by atoms with Crippen LogP contribution in [0.2, 0.25) is 5.02 Å². The van der Waals surface area contributed by atoms with Gasteiger partial charge in [0.1, 0.15) is 15.7 Å². The number of aliphatic hydroxyl groups excluding tert-OH is 1. The molecule has 2 aromatic rings. The number of rotatable bonds is 5. The van der Waals surface area contributed by atoms with Crippen LogP contribution >= 0.6 is 23.4 Å². The third-order valence-electron chi connectivity index (χ3n) is 5.57. The van der Waals surface area contributed by atoms with Crippen molar-refractivity contribution in [1.29, 1.82) is 0 Å². The molecule has 1 aliphatic heterocycles. The first-order valence-corrected chi connectivity index (χ1v) is 10.4. The molecule has 3 rings (SSSR count). The van der Waals surface area contributed by atoms with Crippen molar-refractivity contribution in [2.45, 2.75) is 56.2 Å². The summed E-state index contributed by atoms with van der Waals surface area (Å²) in [4.78, 5) is 15.9. The number of nitrogens with zero attached hydrogens (tertiary/aromatic N) is 4. The van der Waals surface area contributed by atoms with Gasteiger partial charge in [-0.05, 0) is 38.2 Å². The van der Waals surface area contributed by atoms with Gasteiger partial charge in [-0.25, -0.2) is 15.0 Å². The van der Waals surface area contributed by atoms with Gasteiger partial charge in [0.15, 0.2) is 5.82 Å². The average molecular weight is 424 g/mol. The lowest BCUT2D eigenvalue weighted by Gasteiger charge is -2.42. The van der Waals surface area contributed by atoms with E-state index in [0.717, 1.165) is 37.4 Å². The van der Waals surface area contributed by atoms with E-state index in [4.69, 9.17) is 22.3 Å². The zero-order valence-electron chi connectivity index (χ0n) is 16.3. The molecule has 9 heteroatoms. The first kappa shape index (κ1) is 21.1. The van der Waals surface area contributed by atoms with Gasteiger partial charge in [-0.2, -0.15) is 0 Å². The molecule has 0 bridgehead atoms. The van der Waals surface area contributed by atoms with Crippen LogP contribution in [0.25, 0.3) is 0 Å². The third-order valence-corrected chi connectivity index (χ3v) is 7.20. The zero-order chi connectivity index (χ0) is 20.5. The Kier molecular flexibility index (Phi) is 6.34. The summed E-state index contributed by atoms with van der Waals surface area (Å²) in [5.41, 5.74) is 7.55. The van der Waals surface area contributed by atoms with E-state index in [1.807, 2.05) is 6.92 Å². The minimum absolute atomic E-state index is 0.119. The van der Waals surface area contributed by atoms with Crippen molar-refractivity contribution in [3.8, 4) is 5.88 Å². The third kappa shape index (κ3) is 4.20. The summed E-state index contributed by atoms with van der Waals surface area (Å²) >= 11 is 7.42. The first-order valence-electron chi connectivity index (χ1n) is 9.25. The molecule has 0 spiro atoms. The number of nitrogens with two attached hydrogens (primary N) is 1. The van der Waals surface area contributed by atoms with Crippen molar-refractivity contribution in [2.75, 3.05) is 18.0 Å². The second-order valence-electron chi connectivity index (χ2n) is 7.52. The SMILES string of the molecule is Cc1nc(N2CCC(C)(C(C)N)CC2)c(CO)nc1Sc1ccnc(O)c1Cl. The van der Waals surface area contributed by atoms with Crippen molar-refractivity contribution in [2.24, 2.45) is 11.1 Å². The summed E-state index contributed by atoms with van der Waals surface area (Å²) in [6.45, 7) is 7.63. The van der Waals surface area contributed by atoms with E-state index in [-0.39, 0.29) is 29.0 Å². The normalized spacial score (nSPS) is 17.6. The van der Waals surface area contributed by atoms with E-state index in [1.54, 1.807) is 6.07 Å². The molecule has 2 aromatic heterocycles. The van der Waals surface area contributed by atoms with Crippen molar-refractivity contribution in [1.82, 2.24) is 15.0 Å². The van der Waals surface area contributed by atoms with Gasteiger partial charge in [0.2, 0.25) is 5.88 Å². The van der Waals surface area contributed by atoms with Gasteiger partial charge in [-0.15, -0.1) is 0 Å². The number of aromatic hydroxyl groups is 1. The maximum absolute atomic E-state index is 9.89. The monoisotopic (exact) mass is 423 g/mol. The fourth-order valence-electron chi connectivity index (χ4n) is 3.26. The summed E-state index contributed by atoms with van der Waals surface area (Å²) in [5.74, 6) is 0.501. The molecule has 7 nitrogen and oxygen atoms in total. The second-order valence-corrected chi connectivity index (χ2v) is 8.93. The van der Waals surface area contributed by atoms with Crippen molar-refractivity contribution >= 4 is 29.2 Å². The molecule has 1 unspecified atom stereocenters. The van der Waals surface area contributed by atoms with Gasteiger partial charge in [0.05, 0.1) is 12.3 Å². The Hall–Kier alpha value is -1.61. The molecule has 0 saturated carbocycles. The number of anilines is 1. The van der Waals surface area contributed by atoms with Crippen LogP contribution in [0.5, 0.6) is 5.88 Å². The predicted octanol–water partition coefficient (Wildman–Crippen LogP) is 3.14. The Morgan fingerprint density at radius 3 is 2.64 bits per heavy atom. The molecule has 0 aromatic carbocycles. The Bertz CT molecular complexity index is 856. The van der Waals surface area contributed by atoms with Crippen molar-refractivity contribution < 1.29 is 10.2 Å². The largest absolute Gasteiger partial charge is 0.492 e. The highest BCUT2D eigenvalue weighted by Crippen LogP contribution is 2.39. The molecule has 3 heterocycles. The van der Waals surface area contributed by atoms with E-state index in [2.05, 4.69) is 28.7 Å². The lowest BCUT2D eigenvalue weighted by Crippen LogP contribution is -2.47. The number of piperidine rings is 1. The predicted molar refractivity (Wildman–Crippen MR) is 111 cm³/mol. The van der Waals surface area contributed by atoms with Gasteiger partial charge < -0.3 is 20.8 Å². The van der Waals surface area contributed by atoms with E-state index in [1.165, 1.54) is 18.0 Å². The summed E-state index contributed by atoms with van der Waals surface area (Å²) < 4.78 is 0. The summed E-state index contributed by atoms with van der Waals surface area (Å²) in [7, 11) is 0. The zero-order valence-corrected chi connectivity index (χ0v) is 17.9. The highest BCUT2D eigenvalue weighted by atomic mass is 35.5. The molecule has 4 N–H and O–H groups in total. The van der Waals surface area contributed by atoms with Gasteiger partial charge in [-0.1, -0.05) is 30.3 Å². The maximum atomic E-state index is 9.89. The lowest BCUT2D eigenvalue weighted by atomic mass is 9.75. The molecule has 0 aliphatic carbocycles. The van der Waals surface area contributed by atoms with Crippen molar-refractivity contribution in [3.05, 3.63) is 28.7 Å². The molecular weight excluding hydrogens is 398 g/mol. The summed E-state index contributed by atoms with van der Waals surface area (Å²) in [5, 5.41) is 20.4. The van der Waals surface area contributed by atoms with Gasteiger partial charge in [-0.3, -0.25) is 0 Å². The van der Waals surface area contributed by atoms with Gasteiger partial charge >= 0.3 is 0 Å². The summed E-state index contributed by atoms with van der Waals surface area (Å²) in [6, 6.07) is 1.85. The number of pyridine rings is 1. The lowest BCUT2D eigenvalue weighted by molar-refractivity contribution is 0.204. The molecule has 152 valence electrons. The molecule has 1 atom stereocenters. The number of hydrogen-bond acceptors (Lipinski definition) is 8. The minimum atomic E-state index is -0.221. The maximum Gasteiger partial charge on any atom is 0.231 e. The fourth-order valence-corrected chi connectivity index (χ4v) is 4.36. The van der Waals surface area contributed by atoms with Gasteiger partial charge in [0.25, 0.3) is 0 Å². The molecule has 1 saturated heterocycles. The van der Waals surface area contributed by atoms with Crippen LogP contribution in [-0.4, -0.2) is 44.3 Å². The molecule has 1 fully saturated rings. The number of aryl methyl sites for hydroxylation is 1. The fraction of sp³-hybridized carbons (Fsp3) is 0.526. The topological polar surface area (TPSA) is 108 Å². The van der Waals surface area contributed by atoms with E-state index >= 15 is 0 Å². The number of aliphatic hydroxyl groups is 1. The Morgan fingerprint density at radius 1 is 1.36 bits per heavy atom. The first-order chi connectivity index (χ1) is 13.2. The minimum Gasteiger partial charge on any atom is -0.492 e. The Balaban J connectivity index is 1.85. The van der Waals surface area contributed by atoms with Crippen LogP contribution in [0.4, 0.5) is 5.82 Å². The van der Waals surface area contributed by atoms with E-state index in [9.17, 15) is 10.2 Å². The highest BCUT2D eigenvalue weighted by molar-refractivity contribution is 7.99. The molecule has 1 aliphatic rings. The highest BCUT2D eigenvalue weighted by Gasteiger charge is 2.34. The smallest absolute Gasteiger partial charge is 0.231 e. The average Bonchev–Trinajstić information content (AvgIpc) is 2.67. The molecule has 0 radical (unpaired) electrons. The standard InChI is InChI=1S/C19H26ClN5O2S/c1-11-18(28-14-4-7-22-17(27)15(14)20)24-13(10-26)16(23-11)25-8-5-19(3,6-9-25)12(2)21/h4,7,12,26H,5-6,8-10,21H2,1-3H3,(H,22,27). The Labute approximate surface area is 174 Å².